The van der Waals surface area contributed by atoms with Crippen LogP contribution in [0, 0.1) is 0 Å². The first-order valence-electron chi connectivity index (χ1n) is 9.52. The molecular weight excluding hydrogens is 354 g/mol. The zero-order valence-corrected chi connectivity index (χ0v) is 16.5. The highest BCUT2D eigenvalue weighted by atomic mass is 16.6. The lowest BCUT2D eigenvalue weighted by Crippen LogP contribution is -2.50. The zero-order chi connectivity index (χ0) is 19.7. The Bertz CT molecular complexity index is 969. The number of hydrogen-bond acceptors (Lipinski definition) is 5. The Morgan fingerprint density at radius 1 is 1.07 bits per heavy atom. The average Bonchev–Trinajstić information content (AvgIpc) is 3.11. The highest BCUT2D eigenvalue weighted by Gasteiger charge is 2.26. The van der Waals surface area contributed by atoms with Gasteiger partial charge in [0.15, 0.2) is 0 Å². The maximum atomic E-state index is 12.3. The monoisotopic (exact) mass is 379 g/mol. The number of carbonyl (C=O) groups excluding carboxylic acids is 1. The summed E-state index contributed by atoms with van der Waals surface area (Å²) in [4.78, 5) is 20.7. The topological polar surface area (TPSA) is 63.0 Å². The first-order valence-corrected chi connectivity index (χ1v) is 9.52. The number of rotatable bonds is 2. The fourth-order valence-corrected chi connectivity index (χ4v) is 3.36. The lowest BCUT2D eigenvalue weighted by molar-refractivity contribution is 0.0241. The summed E-state index contributed by atoms with van der Waals surface area (Å²) in [7, 11) is 0. The van der Waals surface area contributed by atoms with E-state index < -0.39 is 5.60 Å². The Morgan fingerprint density at radius 2 is 1.86 bits per heavy atom. The van der Waals surface area contributed by atoms with E-state index >= 15 is 0 Å². The molecule has 1 saturated heterocycles. The number of ether oxygens (including phenoxy) is 1. The predicted octanol–water partition coefficient (Wildman–Crippen LogP) is 3.45. The largest absolute Gasteiger partial charge is 0.444 e. The standard InChI is InChI=1S/C21H25N5O2/c1-21(2,3)28-20(27)25-12-10-24(11-13-25)19-14-23-26-15-16(7-8-18(19)26)17-6-4-5-9-22-17/h4-9,14-15H,10-13H2,1-3H3. The van der Waals surface area contributed by atoms with E-state index in [4.69, 9.17) is 4.74 Å². The SMILES string of the molecule is CC(C)(C)OC(=O)N1CCN(c2cnn3cc(-c4ccccn4)ccc23)CC1. The van der Waals surface area contributed by atoms with Crippen LogP contribution in [0.4, 0.5) is 10.5 Å². The van der Waals surface area contributed by atoms with Crippen molar-refractivity contribution in [2.75, 3.05) is 31.1 Å². The molecule has 28 heavy (non-hydrogen) atoms. The van der Waals surface area contributed by atoms with E-state index in [-0.39, 0.29) is 6.09 Å². The summed E-state index contributed by atoms with van der Waals surface area (Å²) in [5.74, 6) is 0. The average molecular weight is 379 g/mol. The molecule has 3 aromatic rings. The van der Waals surface area contributed by atoms with E-state index in [1.807, 2.05) is 55.9 Å². The van der Waals surface area contributed by atoms with Gasteiger partial charge < -0.3 is 14.5 Å². The van der Waals surface area contributed by atoms with Crippen LogP contribution < -0.4 is 4.90 Å². The van der Waals surface area contributed by atoms with Crippen molar-refractivity contribution >= 4 is 17.3 Å². The van der Waals surface area contributed by atoms with Gasteiger partial charge in [-0.2, -0.15) is 5.10 Å². The molecule has 0 spiro atoms. The third-order valence-electron chi connectivity index (χ3n) is 4.73. The van der Waals surface area contributed by atoms with Gasteiger partial charge in [0.1, 0.15) is 5.60 Å². The first kappa shape index (κ1) is 18.3. The van der Waals surface area contributed by atoms with Gasteiger partial charge in [0.05, 0.1) is 23.1 Å². The summed E-state index contributed by atoms with van der Waals surface area (Å²) < 4.78 is 7.36. The second-order valence-corrected chi connectivity index (χ2v) is 7.95. The van der Waals surface area contributed by atoms with Crippen molar-refractivity contribution in [3.05, 3.63) is 48.9 Å². The van der Waals surface area contributed by atoms with Crippen molar-refractivity contribution < 1.29 is 9.53 Å². The molecule has 0 aliphatic carbocycles. The molecule has 0 unspecified atom stereocenters. The number of piperazine rings is 1. The minimum Gasteiger partial charge on any atom is -0.444 e. The van der Waals surface area contributed by atoms with Crippen LogP contribution in [0.2, 0.25) is 0 Å². The minimum atomic E-state index is -0.470. The van der Waals surface area contributed by atoms with Crippen LogP contribution in [0.3, 0.4) is 0 Å². The van der Waals surface area contributed by atoms with Crippen LogP contribution in [0.15, 0.2) is 48.9 Å². The first-order chi connectivity index (χ1) is 13.4. The highest BCUT2D eigenvalue weighted by Crippen LogP contribution is 2.26. The Labute approximate surface area is 164 Å². The van der Waals surface area contributed by atoms with Crippen molar-refractivity contribution in [2.45, 2.75) is 26.4 Å². The molecule has 1 amide bonds. The van der Waals surface area contributed by atoms with Crippen LogP contribution >= 0.6 is 0 Å². The number of pyridine rings is 2. The fraction of sp³-hybridized carbons (Fsp3) is 0.381. The zero-order valence-electron chi connectivity index (χ0n) is 16.5. The van der Waals surface area contributed by atoms with Crippen molar-refractivity contribution in [3.63, 3.8) is 0 Å². The summed E-state index contributed by atoms with van der Waals surface area (Å²) in [6.45, 7) is 8.44. The van der Waals surface area contributed by atoms with Gasteiger partial charge in [-0.15, -0.1) is 0 Å². The molecule has 146 valence electrons. The summed E-state index contributed by atoms with van der Waals surface area (Å²) >= 11 is 0. The lowest BCUT2D eigenvalue weighted by Gasteiger charge is -2.36. The normalized spacial score (nSPS) is 15.1. The Kier molecular flexibility index (Phi) is 4.66. The molecule has 7 heteroatoms. The summed E-state index contributed by atoms with van der Waals surface area (Å²) in [5, 5.41) is 4.52. The summed E-state index contributed by atoms with van der Waals surface area (Å²) in [6, 6.07) is 10.0. The van der Waals surface area contributed by atoms with Crippen LogP contribution in [-0.2, 0) is 4.74 Å². The van der Waals surface area contributed by atoms with Gasteiger partial charge in [-0.1, -0.05) is 6.07 Å². The molecule has 4 heterocycles. The number of carbonyl (C=O) groups is 1. The number of anilines is 1. The van der Waals surface area contributed by atoms with Crippen LogP contribution in [-0.4, -0.2) is 57.4 Å². The van der Waals surface area contributed by atoms with E-state index in [0.717, 1.165) is 35.6 Å². The lowest BCUT2D eigenvalue weighted by atomic mass is 10.2. The van der Waals surface area contributed by atoms with Crippen LogP contribution in [0.25, 0.3) is 16.8 Å². The fourth-order valence-electron chi connectivity index (χ4n) is 3.36. The molecule has 4 rings (SSSR count). The van der Waals surface area contributed by atoms with Gasteiger partial charge in [-0.3, -0.25) is 4.98 Å². The number of amides is 1. The van der Waals surface area contributed by atoms with Crippen molar-refractivity contribution in [2.24, 2.45) is 0 Å². The smallest absolute Gasteiger partial charge is 0.410 e. The quantitative estimate of drug-likeness (QED) is 0.682. The second-order valence-electron chi connectivity index (χ2n) is 7.95. The Hall–Kier alpha value is -3.09. The molecule has 3 aromatic heterocycles. The van der Waals surface area contributed by atoms with E-state index in [2.05, 4.69) is 27.1 Å². The Balaban J connectivity index is 1.48. The van der Waals surface area contributed by atoms with Gasteiger partial charge in [-0.05, 0) is 45.0 Å². The van der Waals surface area contributed by atoms with Crippen LogP contribution in [0.5, 0.6) is 0 Å². The van der Waals surface area contributed by atoms with E-state index in [0.29, 0.717) is 13.1 Å². The summed E-state index contributed by atoms with van der Waals surface area (Å²) in [5.41, 5.74) is 3.61. The van der Waals surface area contributed by atoms with Crippen molar-refractivity contribution in [1.29, 1.82) is 0 Å². The van der Waals surface area contributed by atoms with Gasteiger partial charge >= 0.3 is 6.09 Å². The molecule has 0 radical (unpaired) electrons. The Morgan fingerprint density at radius 3 is 2.54 bits per heavy atom. The van der Waals surface area contributed by atoms with E-state index in [9.17, 15) is 4.79 Å². The van der Waals surface area contributed by atoms with E-state index in [1.165, 1.54) is 0 Å². The highest BCUT2D eigenvalue weighted by molar-refractivity contribution is 5.75. The predicted molar refractivity (Wildman–Crippen MR) is 108 cm³/mol. The molecule has 0 N–H and O–H groups in total. The molecule has 0 aromatic carbocycles. The summed E-state index contributed by atoms with van der Waals surface area (Å²) in [6.07, 6.45) is 5.43. The molecule has 7 nitrogen and oxygen atoms in total. The molecule has 1 aliphatic heterocycles. The third kappa shape index (κ3) is 3.78. The van der Waals surface area contributed by atoms with Gasteiger partial charge in [0.2, 0.25) is 0 Å². The molecule has 1 fully saturated rings. The van der Waals surface area contributed by atoms with Crippen molar-refractivity contribution in [3.8, 4) is 11.3 Å². The van der Waals surface area contributed by atoms with Gasteiger partial charge in [-0.25, -0.2) is 9.31 Å². The molecule has 0 atom stereocenters. The van der Waals surface area contributed by atoms with E-state index in [1.54, 1.807) is 11.1 Å². The molecule has 0 saturated carbocycles. The molecular formula is C21H25N5O2. The van der Waals surface area contributed by atoms with Crippen molar-refractivity contribution in [1.82, 2.24) is 19.5 Å². The van der Waals surface area contributed by atoms with Gasteiger partial charge in [0.25, 0.3) is 0 Å². The van der Waals surface area contributed by atoms with Gasteiger partial charge in [0, 0.05) is 44.1 Å². The number of hydrogen-bond donors (Lipinski definition) is 0. The second kappa shape index (κ2) is 7.14. The minimum absolute atomic E-state index is 0.244. The maximum Gasteiger partial charge on any atom is 0.410 e. The third-order valence-corrected chi connectivity index (χ3v) is 4.73. The number of aromatic nitrogens is 3. The number of nitrogens with zero attached hydrogens (tertiary/aromatic N) is 5. The number of fused-ring (bicyclic) bond motifs is 1. The molecule has 0 bridgehead atoms. The maximum absolute atomic E-state index is 12.3. The molecule has 1 aliphatic rings. The van der Waals surface area contributed by atoms with Crippen LogP contribution in [0.1, 0.15) is 20.8 Å².